The minimum absolute atomic E-state index is 0.0707. The number of nitrogens with zero attached hydrogens (tertiary/aromatic N) is 4. The quantitative estimate of drug-likeness (QED) is 0.509. The van der Waals surface area contributed by atoms with E-state index in [1.807, 2.05) is 35.8 Å². The number of benzene rings is 1. The summed E-state index contributed by atoms with van der Waals surface area (Å²) in [6, 6.07) is 7.08. The van der Waals surface area contributed by atoms with E-state index in [4.69, 9.17) is 21.3 Å². The molecule has 2 aromatic heterocycles. The number of hydrogen-bond donors (Lipinski definition) is 1. The van der Waals surface area contributed by atoms with Crippen LogP contribution in [0.25, 0.3) is 5.00 Å². The van der Waals surface area contributed by atoms with Gasteiger partial charge in [-0.2, -0.15) is 0 Å². The van der Waals surface area contributed by atoms with Gasteiger partial charge in [-0.25, -0.2) is 0 Å². The Kier molecular flexibility index (Phi) is 6.31. The second-order valence-corrected chi connectivity index (χ2v) is 10.7. The number of esters is 1. The first kappa shape index (κ1) is 23.2. The van der Waals surface area contributed by atoms with Crippen molar-refractivity contribution in [3.8, 4) is 5.00 Å². The number of aromatic nitrogens is 3. The van der Waals surface area contributed by atoms with Crippen molar-refractivity contribution in [2.24, 2.45) is 4.99 Å². The Balaban J connectivity index is 1.55. The first-order chi connectivity index (χ1) is 16.3. The summed E-state index contributed by atoms with van der Waals surface area (Å²) in [6.07, 6.45) is 2.30. The standard InChI is InChI=1S/C25H27ClN4O3S/c1-13-14(2)34-25-22(13)23(16-4-6-17(26)7-5-16)27-20(24-29-28-15(3)30(24)25)12-21(32)33-19-10-8-18(31)9-11-19/h4-7,18-20,31H,8-12H2,1-3H3/t18?,19?,20-/m0/s1. The third-order valence-electron chi connectivity index (χ3n) is 6.66. The average Bonchev–Trinajstić information content (AvgIpc) is 3.28. The summed E-state index contributed by atoms with van der Waals surface area (Å²) in [6.45, 7) is 6.12. The van der Waals surface area contributed by atoms with Crippen molar-refractivity contribution < 1.29 is 14.6 Å². The molecule has 1 N–H and O–H groups in total. The van der Waals surface area contributed by atoms with Crippen LogP contribution in [0.15, 0.2) is 29.3 Å². The van der Waals surface area contributed by atoms with Gasteiger partial charge in [-0.1, -0.05) is 23.7 Å². The zero-order valence-corrected chi connectivity index (χ0v) is 21.0. The molecule has 1 aliphatic carbocycles. The van der Waals surface area contributed by atoms with Crippen molar-refractivity contribution in [1.82, 2.24) is 14.8 Å². The minimum atomic E-state index is -0.534. The summed E-state index contributed by atoms with van der Waals surface area (Å²) in [5, 5.41) is 20.2. The lowest BCUT2D eigenvalue weighted by Crippen LogP contribution is -2.27. The molecule has 0 spiro atoms. The molecule has 1 saturated carbocycles. The molecule has 7 nitrogen and oxygen atoms in total. The van der Waals surface area contributed by atoms with Gasteiger partial charge in [0.25, 0.3) is 0 Å². The van der Waals surface area contributed by atoms with E-state index in [1.54, 1.807) is 11.3 Å². The van der Waals surface area contributed by atoms with Gasteiger partial charge in [0.1, 0.15) is 23.0 Å². The van der Waals surface area contributed by atoms with E-state index >= 15 is 0 Å². The molecule has 0 unspecified atom stereocenters. The van der Waals surface area contributed by atoms with Crippen LogP contribution in [0.3, 0.4) is 0 Å². The maximum atomic E-state index is 13.0. The van der Waals surface area contributed by atoms with Gasteiger partial charge >= 0.3 is 5.97 Å². The lowest BCUT2D eigenvalue weighted by atomic mass is 9.95. The van der Waals surface area contributed by atoms with Crippen molar-refractivity contribution in [2.45, 2.75) is 71.1 Å². The maximum Gasteiger partial charge on any atom is 0.308 e. The molecule has 2 aliphatic rings. The molecule has 178 valence electrons. The molecule has 0 saturated heterocycles. The van der Waals surface area contributed by atoms with Crippen LogP contribution < -0.4 is 0 Å². The van der Waals surface area contributed by atoms with Crippen molar-refractivity contribution in [2.75, 3.05) is 0 Å². The largest absolute Gasteiger partial charge is 0.462 e. The third-order valence-corrected chi connectivity index (χ3v) is 8.10. The predicted molar refractivity (Wildman–Crippen MR) is 132 cm³/mol. The van der Waals surface area contributed by atoms with E-state index in [1.165, 1.54) is 4.88 Å². The fourth-order valence-electron chi connectivity index (χ4n) is 4.69. The first-order valence-electron chi connectivity index (χ1n) is 11.6. The number of rotatable bonds is 4. The molecule has 1 aromatic carbocycles. The molecule has 0 amide bonds. The van der Waals surface area contributed by atoms with Crippen molar-refractivity contribution in [3.05, 3.63) is 62.5 Å². The lowest BCUT2D eigenvalue weighted by molar-refractivity contribution is -0.152. The van der Waals surface area contributed by atoms with Gasteiger partial charge in [0, 0.05) is 21.0 Å². The second-order valence-electron chi connectivity index (χ2n) is 9.03. The Labute approximate surface area is 207 Å². The highest BCUT2D eigenvalue weighted by Gasteiger charge is 2.33. The number of hydrogen-bond acceptors (Lipinski definition) is 7. The molecule has 3 heterocycles. The molecule has 34 heavy (non-hydrogen) atoms. The Hall–Kier alpha value is -2.55. The van der Waals surface area contributed by atoms with Crippen LogP contribution in [0.5, 0.6) is 0 Å². The molecular formula is C25H27ClN4O3S. The Morgan fingerprint density at radius 3 is 2.56 bits per heavy atom. The summed E-state index contributed by atoms with van der Waals surface area (Å²) < 4.78 is 7.80. The number of fused-ring (bicyclic) bond motifs is 3. The van der Waals surface area contributed by atoms with Crippen LogP contribution in [-0.4, -0.2) is 43.8 Å². The van der Waals surface area contributed by atoms with E-state index in [0.717, 1.165) is 33.2 Å². The van der Waals surface area contributed by atoms with Crippen LogP contribution in [-0.2, 0) is 9.53 Å². The highest BCUT2D eigenvalue weighted by atomic mass is 35.5. The van der Waals surface area contributed by atoms with Crippen LogP contribution in [0.1, 0.15) is 71.4 Å². The van der Waals surface area contributed by atoms with E-state index in [-0.39, 0.29) is 24.6 Å². The molecule has 1 fully saturated rings. The fourth-order valence-corrected chi connectivity index (χ4v) is 6.03. The maximum absolute atomic E-state index is 13.0. The van der Waals surface area contributed by atoms with E-state index in [2.05, 4.69) is 24.0 Å². The summed E-state index contributed by atoms with van der Waals surface area (Å²) in [5.74, 6) is 1.08. The zero-order chi connectivity index (χ0) is 24.0. The number of aliphatic hydroxyl groups is 1. The van der Waals surface area contributed by atoms with Crippen molar-refractivity contribution in [1.29, 1.82) is 0 Å². The van der Waals surface area contributed by atoms with E-state index in [0.29, 0.717) is 36.5 Å². The number of carbonyl (C=O) groups is 1. The second kappa shape index (κ2) is 9.24. The van der Waals surface area contributed by atoms with E-state index < -0.39 is 6.04 Å². The highest BCUT2D eigenvalue weighted by Crippen LogP contribution is 2.39. The van der Waals surface area contributed by atoms with Crippen molar-refractivity contribution >= 4 is 34.6 Å². The molecule has 1 atom stereocenters. The van der Waals surface area contributed by atoms with Gasteiger partial charge in [-0.15, -0.1) is 21.5 Å². The van der Waals surface area contributed by atoms with Crippen molar-refractivity contribution in [3.63, 3.8) is 0 Å². The van der Waals surface area contributed by atoms with Gasteiger partial charge in [-0.3, -0.25) is 14.4 Å². The topological polar surface area (TPSA) is 89.6 Å². The SMILES string of the molecule is Cc1sc2c(c1C)C(c1ccc(Cl)cc1)=N[C@@H](CC(=O)OC1CCC(O)CC1)c1nnc(C)n1-2. The van der Waals surface area contributed by atoms with Crippen LogP contribution in [0.2, 0.25) is 5.02 Å². The van der Waals surface area contributed by atoms with Crippen LogP contribution in [0.4, 0.5) is 0 Å². The van der Waals surface area contributed by atoms with Gasteiger partial charge < -0.3 is 9.84 Å². The third kappa shape index (κ3) is 4.30. The minimum Gasteiger partial charge on any atom is -0.462 e. The predicted octanol–water partition coefficient (Wildman–Crippen LogP) is 5.04. The van der Waals surface area contributed by atoms with Gasteiger partial charge in [-0.05, 0) is 64.2 Å². The lowest BCUT2D eigenvalue weighted by Gasteiger charge is -2.25. The first-order valence-corrected chi connectivity index (χ1v) is 12.7. The number of halogens is 1. The number of aliphatic hydroxyl groups excluding tert-OH is 1. The summed E-state index contributed by atoms with van der Waals surface area (Å²) in [5.41, 5.74) is 3.93. The monoisotopic (exact) mass is 498 g/mol. The number of ether oxygens (including phenoxy) is 1. The summed E-state index contributed by atoms with van der Waals surface area (Å²) >= 11 is 7.84. The number of thiophene rings is 1. The van der Waals surface area contributed by atoms with Gasteiger partial charge in [0.05, 0.1) is 18.2 Å². The molecule has 0 bridgehead atoms. The Morgan fingerprint density at radius 2 is 1.85 bits per heavy atom. The average molecular weight is 499 g/mol. The molecule has 1 aliphatic heterocycles. The highest BCUT2D eigenvalue weighted by molar-refractivity contribution is 7.15. The molecule has 3 aromatic rings. The summed E-state index contributed by atoms with van der Waals surface area (Å²) in [4.78, 5) is 19.3. The van der Waals surface area contributed by atoms with Gasteiger partial charge in [0.15, 0.2) is 5.82 Å². The number of aliphatic imine (C=N–C) groups is 1. The van der Waals surface area contributed by atoms with E-state index in [9.17, 15) is 9.90 Å². The number of aryl methyl sites for hydroxylation is 2. The molecule has 0 radical (unpaired) electrons. The molecule has 9 heteroatoms. The smallest absolute Gasteiger partial charge is 0.308 e. The fraction of sp³-hybridized carbons (Fsp3) is 0.440. The van der Waals surface area contributed by atoms with Crippen LogP contribution in [0, 0.1) is 20.8 Å². The van der Waals surface area contributed by atoms with Crippen LogP contribution >= 0.6 is 22.9 Å². The Bertz CT molecular complexity index is 1260. The zero-order valence-electron chi connectivity index (χ0n) is 19.4. The summed E-state index contributed by atoms with van der Waals surface area (Å²) in [7, 11) is 0. The number of carbonyl (C=O) groups excluding carboxylic acids is 1. The normalized spacial score (nSPS) is 21.9. The molecular weight excluding hydrogens is 472 g/mol. The van der Waals surface area contributed by atoms with Gasteiger partial charge in [0.2, 0.25) is 0 Å². The Morgan fingerprint density at radius 1 is 1.15 bits per heavy atom. The molecule has 5 rings (SSSR count).